The number of carboxylic acid groups (broad SMARTS) is 2. The Morgan fingerprint density at radius 1 is 0.681 bits per heavy atom. The van der Waals surface area contributed by atoms with Gasteiger partial charge in [0.1, 0.15) is 29.9 Å². The summed E-state index contributed by atoms with van der Waals surface area (Å²) < 4.78 is 0. The number of rotatable bonds is 19. The second-order valence-electron chi connectivity index (χ2n) is 10.5. The number of hydrogen-bond donors (Lipinski definition) is 10. The molecule has 17 heteroatoms. The predicted molar refractivity (Wildman–Crippen MR) is 170 cm³/mol. The lowest BCUT2D eigenvalue weighted by Gasteiger charge is -2.25. The van der Waals surface area contributed by atoms with Crippen LogP contribution < -0.4 is 32.7 Å². The van der Waals surface area contributed by atoms with Crippen molar-refractivity contribution < 1.29 is 48.9 Å². The number of carboxylic acids is 2. The van der Waals surface area contributed by atoms with E-state index in [-0.39, 0.29) is 37.2 Å². The molecule has 0 saturated heterocycles. The topological polar surface area (TPSA) is 280 Å². The Morgan fingerprint density at radius 2 is 1.17 bits per heavy atom. The van der Waals surface area contributed by atoms with Gasteiger partial charge in [0.25, 0.3) is 0 Å². The first-order chi connectivity index (χ1) is 22.2. The number of nitrogens with one attached hydrogen (secondary N) is 4. The van der Waals surface area contributed by atoms with Crippen LogP contribution in [0.15, 0.2) is 54.6 Å². The number of benzene rings is 2. The molecule has 11 N–H and O–H groups in total. The highest BCUT2D eigenvalue weighted by atomic mass is 32.1. The first kappa shape index (κ1) is 38.0. The van der Waals surface area contributed by atoms with Crippen molar-refractivity contribution in [2.45, 2.75) is 62.3 Å². The van der Waals surface area contributed by atoms with Gasteiger partial charge in [-0.15, -0.1) is 0 Å². The molecule has 2 rings (SSSR count). The second-order valence-corrected chi connectivity index (χ2v) is 10.9. The Hall–Kier alpha value is -5.16. The summed E-state index contributed by atoms with van der Waals surface area (Å²) in [5.74, 6) is -7.62. The second kappa shape index (κ2) is 18.7. The van der Waals surface area contributed by atoms with Crippen molar-refractivity contribution in [3.05, 3.63) is 65.7 Å². The van der Waals surface area contributed by atoms with E-state index in [1.165, 1.54) is 24.3 Å². The van der Waals surface area contributed by atoms with Gasteiger partial charge in [-0.1, -0.05) is 42.5 Å². The van der Waals surface area contributed by atoms with Crippen molar-refractivity contribution in [2.75, 3.05) is 5.75 Å². The van der Waals surface area contributed by atoms with Crippen LogP contribution in [0, 0.1) is 0 Å². The quantitative estimate of drug-likeness (QED) is 0.0742. The SMILES string of the molecule is NC(=O)CC[C@H](N)C(=O)N[C@@H](CC(=O)O)C(=O)N[C@@H](CS)C(=O)N[C@@H](Cc1ccccc1)C(=O)N[C@@H](Cc1ccc(O)cc1)C(=O)O. The van der Waals surface area contributed by atoms with Crippen molar-refractivity contribution in [1.82, 2.24) is 21.3 Å². The minimum Gasteiger partial charge on any atom is -0.508 e. The summed E-state index contributed by atoms with van der Waals surface area (Å²) in [5.41, 5.74) is 11.9. The van der Waals surface area contributed by atoms with Crippen molar-refractivity contribution in [1.29, 1.82) is 0 Å². The fourth-order valence-corrected chi connectivity index (χ4v) is 4.49. The third kappa shape index (κ3) is 13.4. The molecule has 47 heavy (non-hydrogen) atoms. The molecular weight excluding hydrogens is 636 g/mol. The zero-order valence-corrected chi connectivity index (χ0v) is 26.0. The van der Waals surface area contributed by atoms with E-state index < -0.39 is 78.1 Å². The number of carbonyl (C=O) groups excluding carboxylic acids is 5. The minimum absolute atomic E-state index is 0.0263. The number of hydrogen-bond acceptors (Lipinski definition) is 10. The molecule has 0 radical (unpaired) electrons. The standard InChI is InChI=1S/C30H38N6O10S/c31-19(10-11-24(32)38)26(41)33-21(14-25(39)40)28(43)36-23(15-47)29(44)34-20(12-16-4-2-1-3-5-16)27(42)35-22(30(45)46)13-17-6-8-18(37)9-7-17/h1-9,19-23,37,47H,10-15,31H2,(H2,32,38)(H,33,41)(H,34,44)(H,35,42)(H,36,43)(H,39,40)(H,45,46)/t19-,20-,21-,22-,23-/m0/s1. The number of aromatic hydroxyl groups is 1. The summed E-state index contributed by atoms with van der Waals surface area (Å²) in [4.78, 5) is 86.6. The average Bonchev–Trinajstić information content (AvgIpc) is 3.02. The largest absolute Gasteiger partial charge is 0.508 e. The molecule has 5 atom stereocenters. The van der Waals surface area contributed by atoms with Crippen LogP contribution >= 0.6 is 12.6 Å². The van der Waals surface area contributed by atoms with Crippen LogP contribution in [-0.2, 0) is 46.4 Å². The average molecular weight is 675 g/mol. The van der Waals surface area contributed by atoms with Gasteiger partial charge in [-0.2, -0.15) is 12.6 Å². The first-order valence-corrected chi connectivity index (χ1v) is 15.0. The fourth-order valence-electron chi connectivity index (χ4n) is 4.23. The Bertz CT molecular complexity index is 1430. The summed E-state index contributed by atoms with van der Waals surface area (Å²) in [7, 11) is 0. The number of carbonyl (C=O) groups is 7. The lowest BCUT2D eigenvalue weighted by molar-refractivity contribution is -0.142. The zero-order chi connectivity index (χ0) is 35.1. The molecule has 0 aromatic heterocycles. The van der Waals surface area contributed by atoms with Gasteiger partial charge in [0.05, 0.1) is 12.5 Å². The molecule has 0 saturated carbocycles. The molecular formula is C30H38N6O10S. The van der Waals surface area contributed by atoms with E-state index in [9.17, 15) is 48.9 Å². The molecule has 5 amide bonds. The van der Waals surface area contributed by atoms with Crippen LogP contribution in [0.3, 0.4) is 0 Å². The van der Waals surface area contributed by atoms with E-state index in [1.54, 1.807) is 30.3 Å². The summed E-state index contributed by atoms with van der Waals surface area (Å²) in [6.07, 6.45) is -1.47. The monoisotopic (exact) mass is 674 g/mol. The molecule has 0 heterocycles. The van der Waals surface area contributed by atoms with E-state index in [2.05, 4.69) is 33.9 Å². The van der Waals surface area contributed by atoms with E-state index in [1.807, 2.05) is 0 Å². The van der Waals surface area contributed by atoms with Crippen LogP contribution in [0.4, 0.5) is 0 Å². The van der Waals surface area contributed by atoms with Gasteiger partial charge >= 0.3 is 11.9 Å². The van der Waals surface area contributed by atoms with Crippen LogP contribution in [0.25, 0.3) is 0 Å². The van der Waals surface area contributed by atoms with Crippen LogP contribution in [0.1, 0.15) is 30.4 Å². The number of nitrogens with two attached hydrogens (primary N) is 2. The highest BCUT2D eigenvalue weighted by molar-refractivity contribution is 7.80. The summed E-state index contributed by atoms with van der Waals surface area (Å²) >= 11 is 4.10. The molecule has 0 aliphatic heterocycles. The lowest BCUT2D eigenvalue weighted by atomic mass is 10.0. The van der Waals surface area contributed by atoms with Gasteiger partial charge in [0, 0.05) is 25.0 Å². The Morgan fingerprint density at radius 3 is 1.72 bits per heavy atom. The number of phenols is 1. The molecule has 0 aliphatic rings. The molecule has 2 aromatic rings. The number of aliphatic carboxylic acids is 2. The normalized spacial score (nSPS) is 13.9. The van der Waals surface area contributed by atoms with Gasteiger partial charge in [0.2, 0.25) is 29.5 Å². The molecule has 254 valence electrons. The van der Waals surface area contributed by atoms with Gasteiger partial charge in [-0.05, 0) is 29.7 Å². The van der Waals surface area contributed by atoms with Gasteiger partial charge in [0.15, 0.2) is 0 Å². The maximum atomic E-state index is 13.4. The molecule has 0 unspecified atom stereocenters. The highest BCUT2D eigenvalue weighted by Crippen LogP contribution is 2.12. The van der Waals surface area contributed by atoms with Crippen molar-refractivity contribution in [2.24, 2.45) is 11.5 Å². The van der Waals surface area contributed by atoms with Gasteiger partial charge in [-0.25, -0.2) is 4.79 Å². The van der Waals surface area contributed by atoms with E-state index in [0.717, 1.165) is 0 Å². The highest BCUT2D eigenvalue weighted by Gasteiger charge is 2.32. The molecule has 0 aliphatic carbocycles. The van der Waals surface area contributed by atoms with E-state index >= 15 is 0 Å². The number of primary amides is 1. The van der Waals surface area contributed by atoms with Crippen molar-refractivity contribution >= 4 is 54.1 Å². The summed E-state index contributed by atoms with van der Waals surface area (Å²) in [5, 5.41) is 38.0. The number of thiol groups is 1. The van der Waals surface area contributed by atoms with Gasteiger partial charge in [-0.3, -0.25) is 28.8 Å². The minimum atomic E-state index is -1.67. The fraction of sp³-hybridized carbons (Fsp3) is 0.367. The molecule has 0 fully saturated rings. The van der Waals surface area contributed by atoms with Crippen molar-refractivity contribution in [3.8, 4) is 5.75 Å². The maximum Gasteiger partial charge on any atom is 0.326 e. The van der Waals surface area contributed by atoms with E-state index in [4.69, 9.17) is 11.5 Å². The number of phenolic OH excluding ortho intramolecular Hbond substituents is 1. The molecule has 2 aromatic carbocycles. The van der Waals surface area contributed by atoms with Gasteiger partial charge < -0.3 is 48.1 Å². The Labute approximate surface area is 275 Å². The van der Waals surface area contributed by atoms with Crippen LogP contribution in [-0.4, -0.2) is 92.8 Å². The summed E-state index contributed by atoms with van der Waals surface area (Å²) in [6.45, 7) is 0. The molecule has 16 nitrogen and oxygen atoms in total. The third-order valence-electron chi connectivity index (χ3n) is 6.77. The van der Waals surface area contributed by atoms with Crippen molar-refractivity contribution in [3.63, 3.8) is 0 Å². The molecule has 0 bridgehead atoms. The van der Waals surface area contributed by atoms with Crippen LogP contribution in [0.2, 0.25) is 0 Å². The lowest BCUT2D eigenvalue weighted by Crippen LogP contribution is -2.59. The zero-order valence-electron chi connectivity index (χ0n) is 25.1. The van der Waals surface area contributed by atoms with Crippen LogP contribution in [0.5, 0.6) is 5.75 Å². The number of amides is 5. The smallest absolute Gasteiger partial charge is 0.326 e. The first-order valence-electron chi connectivity index (χ1n) is 14.3. The molecule has 0 spiro atoms. The Kier molecular flexibility index (Phi) is 15.1. The third-order valence-corrected chi connectivity index (χ3v) is 7.14. The maximum absolute atomic E-state index is 13.4. The van der Waals surface area contributed by atoms with E-state index in [0.29, 0.717) is 11.1 Å². The Balaban J connectivity index is 2.21. The summed E-state index contributed by atoms with van der Waals surface area (Å²) in [6, 6.07) is 7.10. The predicted octanol–water partition coefficient (Wildman–Crippen LogP) is -1.80.